The zero-order valence-electron chi connectivity index (χ0n) is 31.0. The molecule has 1 amide bonds. The number of aryl methyl sites for hydroxylation is 1. The summed E-state index contributed by atoms with van der Waals surface area (Å²) in [6.45, 7) is 11.5. The van der Waals surface area contributed by atoms with E-state index in [0.717, 1.165) is 57.2 Å². The molecule has 0 atom stereocenters. The predicted molar refractivity (Wildman–Crippen MR) is 197 cm³/mol. The van der Waals surface area contributed by atoms with Crippen molar-refractivity contribution in [3.05, 3.63) is 91.0 Å². The standard InChI is InChI=1S/C38H46F4N6O5S/c1-7-23-47(35(49)53-36(2,3)4)24-13-9-8-10-15-27-16-11-12-17-28(27)34-29(48-25-22-32(45-48)52-26-37(5,6)38(40,41)42)20-21-31(44-34)46-54(50,51)33-19-14-18-30(39)43-33/h7,11-12,14,16-22,25H,1,8-10,13,15,23-24,26H2,2-6H3,(H,44,46). The molecule has 0 saturated heterocycles. The molecule has 292 valence electrons. The van der Waals surface area contributed by atoms with Gasteiger partial charge in [-0.2, -0.15) is 26.0 Å². The number of rotatable bonds is 17. The number of anilines is 1. The SMILES string of the molecule is C=CCN(CCCCCCc1ccccc1-c1nc(NS(=O)(=O)c2cccc(F)n2)ccc1-n1ccc(OCC(C)(C)C(F)(F)F)n1)C(=O)OC(C)(C)C. The van der Waals surface area contributed by atoms with Gasteiger partial charge < -0.3 is 14.4 Å². The van der Waals surface area contributed by atoms with Crippen LogP contribution in [0.1, 0.15) is 65.9 Å². The van der Waals surface area contributed by atoms with Crippen molar-refractivity contribution in [3.8, 4) is 22.8 Å². The van der Waals surface area contributed by atoms with Gasteiger partial charge in [-0.15, -0.1) is 11.7 Å². The Morgan fingerprint density at radius 1 is 0.944 bits per heavy atom. The zero-order valence-corrected chi connectivity index (χ0v) is 31.8. The van der Waals surface area contributed by atoms with Crippen molar-refractivity contribution in [1.82, 2.24) is 24.6 Å². The van der Waals surface area contributed by atoms with E-state index in [-0.39, 0.29) is 11.7 Å². The van der Waals surface area contributed by atoms with Crippen LogP contribution in [0.15, 0.2) is 84.5 Å². The molecule has 0 unspecified atom stereocenters. The summed E-state index contributed by atoms with van der Waals surface area (Å²) >= 11 is 0. The largest absolute Gasteiger partial charge is 0.476 e. The third-order valence-electron chi connectivity index (χ3n) is 8.14. The molecule has 3 aromatic heterocycles. The van der Waals surface area contributed by atoms with E-state index in [0.29, 0.717) is 36.5 Å². The second-order valence-electron chi connectivity index (χ2n) is 14.3. The number of amides is 1. The first-order valence-corrected chi connectivity index (χ1v) is 18.9. The number of pyridine rings is 2. The van der Waals surface area contributed by atoms with Crippen LogP contribution < -0.4 is 9.46 Å². The Hall–Kier alpha value is -4.99. The number of ether oxygens (including phenoxy) is 2. The van der Waals surface area contributed by atoms with Gasteiger partial charge in [-0.1, -0.05) is 49.2 Å². The number of alkyl halides is 3. The minimum Gasteiger partial charge on any atom is -0.476 e. The molecule has 4 aromatic rings. The van der Waals surface area contributed by atoms with Crippen LogP contribution >= 0.6 is 0 Å². The lowest BCUT2D eigenvalue weighted by atomic mass is 9.94. The molecular formula is C38H46F4N6O5S. The first kappa shape index (κ1) is 41.8. The highest BCUT2D eigenvalue weighted by Gasteiger charge is 2.48. The molecule has 3 heterocycles. The fourth-order valence-electron chi connectivity index (χ4n) is 5.16. The molecule has 54 heavy (non-hydrogen) atoms. The van der Waals surface area contributed by atoms with Crippen molar-refractivity contribution < 1.29 is 40.2 Å². The molecule has 0 aliphatic rings. The minimum absolute atomic E-state index is 0.0492. The Balaban J connectivity index is 1.57. The van der Waals surface area contributed by atoms with E-state index in [9.17, 15) is 30.8 Å². The molecule has 1 aromatic carbocycles. The fourth-order valence-corrected chi connectivity index (χ4v) is 6.11. The van der Waals surface area contributed by atoms with Gasteiger partial charge in [0.25, 0.3) is 10.0 Å². The van der Waals surface area contributed by atoms with Crippen LogP contribution in [0.25, 0.3) is 16.9 Å². The van der Waals surface area contributed by atoms with E-state index in [1.807, 2.05) is 39.0 Å². The molecule has 4 rings (SSSR count). The quantitative estimate of drug-likeness (QED) is 0.0488. The molecule has 16 heteroatoms. The first-order chi connectivity index (χ1) is 25.3. The highest BCUT2D eigenvalue weighted by atomic mass is 32.2. The summed E-state index contributed by atoms with van der Waals surface area (Å²) in [5, 5.41) is 3.81. The summed E-state index contributed by atoms with van der Waals surface area (Å²) in [5.41, 5.74) is -0.459. The summed E-state index contributed by atoms with van der Waals surface area (Å²) in [5.74, 6) is -1.10. The van der Waals surface area contributed by atoms with Gasteiger partial charge in [0.05, 0.1) is 16.8 Å². The maximum atomic E-state index is 13.8. The van der Waals surface area contributed by atoms with Crippen molar-refractivity contribution in [3.63, 3.8) is 0 Å². The first-order valence-electron chi connectivity index (χ1n) is 17.4. The summed E-state index contributed by atoms with van der Waals surface area (Å²) in [4.78, 5) is 22.3. The Kier molecular flexibility index (Phi) is 13.5. The second kappa shape index (κ2) is 17.4. The number of carbonyl (C=O) groups is 1. The topological polar surface area (TPSA) is 129 Å². The Morgan fingerprint density at radius 2 is 1.67 bits per heavy atom. The third kappa shape index (κ3) is 11.5. The summed E-state index contributed by atoms with van der Waals surface area (Å²) in [7, 11) is -4.34. The maximum Gasteiger partial charge on any atom is 0.410 e. The lowest BCUT2D eigenvalue weighted by Gasteiger charge is -2.26. The van der Waals surface area contributed by atoms with Gasteiger partial charge in [0.2, 0.25) is 11.8 Å². The third-order valence-corrected chi connectivity index (χ3v) is 9.39. The Morgan fingerprint density at radius 3 is 2.35 bits per heavy atom. The van der Waals surface area contributed by atoms with Crippen LogP contribution in [0.4, 0.5) is 28.2 Å². The molecule has 11 nitrogen and oxygen atoms in total. The lowest BCUT2D eigenvalue weighted by molar-refractivity contribution is -0.219. The molecule has 0 aliphatic carbocycles. The van der Waals surface area contributed by atoms with Gasteiger partial charge in [-0.25, -0.2) is 19.4 Å². The van der Waals surface area contributed by atoms with Gasteiger partial charge in [0.15, 0.2) is 5.03 Å². The minimum atomic E-state index is -4.49. The number of benzene rings is 1. The van der Waals surface area contributed by atoms with E-state index in [2.05, 4.69) is 26.4 Å². The van der Waals surface area contributed by atoms with Crippen LogP contribution in [0.3, 0.4) is 0 Å². The molecule has 0 saturated carbocycles. The lowest BCUT2D eigenvalue weighted by Crippen LogP contribution is -2.37. The number of unbranched alkanes of at least 4 members (excludes halogenated alkanes) is 3. The molecular weight excluding hydrogens is 729 g/mol. The zero-order chi connectivity index (χ0) is 39.7. The smallest absolute Gasteiger partial charge is 0.410 e. The second-order valence-corrected chi connectivity index (χ2v) is 15.9. The van der Waals surface area contributed by atoms with Gasteiger partial charge in [0.1, 0.15) is 18.0 Å². The number of aromatic nitrogens is 4. The van der Waals surface area contributed by atoms with E-state index < -0.39 is 50.9 Å². The van der Waals surface area contributed by atoms with E-state index in [1.54, 1.807) is 23.1 Å². The van der Waals surface area contributed by atoms with Crippen LogP contribution in [0.5, 0.6) is 5.88 Å². The number of halogens is 4. The van der Waals surface area contributed by atoms with Gasteiger partial charge in [0, 0.05) is 30.9 Å². The highest BCUT2D eigenvalue weighted by Crippen LogP contribution is 2.38. The van der Waals surface area contributed by atoms with E-state index in [1.165, 1.54) is 29.1 Å². The van der Waals surface area contributed by atoms with Crippen molar-refractivity contribution in [2.75, 3.05) is 24.4 Å². The average molecular weight is 775 g/mol. The van der Waals surface area contributed by atoms with E-state index in [4.69, 9.17) is 9.47 Å². The number of nitrogens with zero attached hydrogens (tertiary/aromatic N) is 5. The maximum absolute atomic E-state index is 13.8. The number of sulfonamides is 1. The van der Waals surface area contributed by atoms with Crippen LogP contribution in [-0.4, -0.2) is 70.6 Å². The van der Waals surface area contributed by atoms with Crippen molar-refractivity contribution in [2.45, 2.75) is 83.5 Å². The van der Waals surface area contributed by atoms with Crippen LogP contribution in [0, 0.1) is 11.4 Å². The van der Waals surface area contributed by atoms with Crippen LogP contribution in [-0.2, 0) is 21.2 Å². The van der Waals surface area contributed by atoms with Gasteiger partial charge in [-0.3, -0.25) is 4.72 Å². The normalized spacial score (nSPS) is 12.3. The Bertz CT molecular complexity index is 2010. The molecule has 0 fully saturated rings. The molecule has 0 bridgehead atoms. The number of nitrogens with one attached hydrogen (secondary N) is 1. The van der Waals surface area contributed by atoms with Crippen molar-refractivity contribution >= 4 is 21.9 Å². The molecule has 0 aliphatic heterocycles. The van der Waals surface area contributed by atoms with Gasteiger partial charge >= 0.3 is 12.3 Å². The summed E-state index contributed by atoms with van der Waals surface area (Å²) in [6.07, 6.45) is 2.14. The average Bonchev–Trinajstić information content (AvgIpc) is 3.56. The molecule has 1 N–H and O–H groups in total. The number of hydrogen-bond donors (Lipinski definition) is 1. The molecule has 0 radical (unpaired) electrons. The monoisotopic (exact) mass is 774 g/mol. The van der Waals surface area contributed by atoms with Crippen LogP contribution in [0.2, 0.25) is 0 Å². The van der Waals surface area contributed by atoms with Crippen molar-refractivity contribution in [2.24, 2.45) is 5.41 Å². The summed E-state index contributed by atoms with van der Waals surface area (Å²) in [6, 6.07) is 15.2. The van der Waals surface area contributed by atoms with E-state index >= 15 is 0 Å². The number of hydrogen-bond acceptors (Lipinski definition) is 8. The van der Waals surface area contributed by atoms with Crippen molar-refractivity contribution in [1.29, 1.82) is 0 Å². The molecule has 0 spiro atoms. The Labute approximate surface area is 313 Å². The summed E-state index contributed by atoms with van der Waals surface area (Å²) < 4.78 is 95.1. The predicted octanol–water partition coefficient (Wildman–Crippen LogP) is 8.76. The number of carbonyl (C=O) groups excluding carboxylic acids is 1. The highest BCUT2D eigenvalue weighted by molar-refractivity contribution is 7.92. The fraction of sp³-hybridized carbons (Fsp3) is 0.421. The van der Waals surface area contributed by atoms with Gasteiger partial charge in [-0.05, 0) is 83.7 Å².